The van der Waals surface area contributed by atoms with E-state index in [1.54, 1.807) is 43.5 Å². The van der Waals surface area contributed by atoms with Crippen LogP contribution in [0.1, 0.15) is 43.0 Å². The fraction of sp³-hybridized carbons (Fsp3) is 0.217. The highest BCUT2D eigenvalue weighted by Crippen LogP contribution is 2.46. The first kappa shape index (κ1) is 22.6. The van der Waals surface area contributed by atoms with Crippen LogP contribution >= 0.6 is 0 Å². The van der Waals surface area contributed by atoms with Crippen molar-refractivity contribution in [2.45, 2.75) is 32.3 Å². The molecule has 0 saturated carbocycles. The van der Waals surface area contributed by atoms with Gasteiger partial charge in [-0.05, 0) is 36.3 Å². The second kappa shape index (κ2) is 8.93. The first-order chi connectivity index (χ1) is 14.6. The fourth-order valence-corrected chi connectivity index (χ4v) is 3.88. The topological polar surface area (TPSA) is 69.7 Å². The van der Waals surface area contributed by atoms with Gasteiger partial charge >= 0.3 is 11.9 Å². The van der Waals surface area contributed by atoms with Gasteiger partial charge in [-0.25, -0.2) is 8.78 Å². The quantitative estimate of drug-likeness (QED) is 0.627. The summed E-state index contributed by atoms with van der Waals surface area (Å²) >= 11 is 0. The summed E-state index contributed by atoms with van der Waals surface area (Å²) in [6.45, 7) is 3.55. The number of fused-ring (bicyclic) bond motifs is 1. The van der Waals surface area contributed by atoms with Gasteiger partial charge in [0.2, 0.25) is 0 Å². The van der Waals surface area contributed by atoms with Gasteiger partial charge in [0.05, 0.1) is 0 Å². The monoisotopic (exact) mass is 446 g/mol. The smallest absolute Gasteiger partial charge is 0.308 e. The van der Waals surface area contributed by atoms with Gasteiger partial charge in [-0.15, -0.1) is 0 Å². The number of esters is 2. The highest BCUT2D eigenvalue weighted by molar-refractivity contribution is 7.84. The Morgan fingerprint density at radius 2 is 1.68 bits per heavy atom. The molecule has 0 saturated heterocycles. The molecular formula is C23H20F2O5S. The molecule has 1 aliphatic rings. The van der Waals surface area contributed by atoms with Gasteiger partial charge in [0.25, 0.3) is 0 Å². The van der Waals surface area contributed by atoms with Gasteiger partial charge in [-0.2, -0.15) is 0 Å². The summed E-state index contributed by atoms with van der Waals surface area (Å²) < 4.78 is 51.4. The van der Waals surface area contributed by atoms with Crippen LogP contribution in [0.2, 0.25) is 0 Å². The number of hydrogen-bond donors (Lipinski definition) is 0. The molecule has 31 heavy (non-hydrogen) atoms. The van der Waals surface area contributed by atoms with Gasteiger partial charge < -0.3 is 9.47 Å². The van der Waals surface area contributed by atoms with E-state index in [2.05, 4.69) is 0 Å². The Kier molecular flexibility index (Phi) is 6.50. The van der Waals surface area contributed by atoms with Crippen LogP contribution in [0.3, 0.4) is 0 Å². The first-order valence-corrected chi connectivity index (χ1v) is 10.9. The molecule has 0 heterocycles. The average molecular weight is 446 g/mol. The molecule has 2 aromatic rings. The van der Waals surface area contributed by atoms with Gasteiger partial charge in [0.1, 0.15) is 24.0 Å². The van der Waals surface area contributed by atoms with E-state index in [9.17, 15) is 22.6 Å². The molecular weight excluding hydrogens is 426 g/mol. The van der Waals surface area contributed by atoms with Crippen LogP contribution in [0.5, 0.6) is 0 Å². The summed E-state index contributed by atoms with van der Waals surface area (Å²) in [6, 6.07) is 7.55. The molecule has 1 aliphatic carbocycles. The maximum Gasteiger partial charge on any atom is 0.308 e. The number of benzene rings is 2. The molecule has 1 atom stereocenters. The predicted octanol–water partition coefficient (Wildman–Crippen LogP) is 4.61. The van der Waals surface area contributed by atoms with E-state index in [0.29, 0.717) is 21.6 Å². The Bertz CT molecular complexity index is 1160. The third kappa shape index (κ3) is 4.64. The third-order valence-corrected chi connectivity index (χ3v) is 5.70. The largest absolute Gasteiger partial charge is 0.461 e. The summed E-state index contributed by atoms with van der Waals surface area (Å²) in [4.78, 5) is 23.6. The first-order valence-electron chi connectivity index (χ1n) is 9.30. The van der Waals surface area contributed by atoms with Crippen molar-refractivity contribution in [2.75, 3.05) is 6.26 Å². The summed E-state index contributed by atoms with van der Waals surface area (Å²) in [5, 5.41) is 0. The Morgan fingerprint density at radius 3 is 2.23 bits per heavy atom. The van der Waals surface area contributed by atoms with Gasteiger partial charge in [-0.3, -0.25) is 13.8 Å². The van der Waals surface area contributed by atoms with E-state index in [4.69, 9.17) is 9.47 Å². The minimum Gasteiger partial charge on any atom is -0.461 e. The van der Waals surface area contributed by atoms with E-state index in [0.717, 1.165) is 6.07 Å². The zero-order valence-corrected chi connectivity index (χ0v) is 18.2. The number of rotatable bonds is 5. The zero-order chi connectivity index (χ0) is 22.9. The van der Waals surface area contributed by atoms with E-state index in [-0.39, 0.29) is 22.4 Å². The normalized spacial score (nSPS) is 15.1. The maximum absolute atomic E-state index is 14.9. The van der Waals surface area contributed by atoms with E-state index in [1.165, 1.54) is 13.8 Å². The number of allylic oxidation sites excluding steroid dienone is 2. The highest BCUT2D eigenvalue weighted by Gasteiger charge is 2.34. The lowest BCUT2D eigenvalue weighted by Gasteiger charge is -2.14. The van der Waals surface area contributed by atoms with E-state index < -0.39 is 41.0 Å². The number of halogens is 2. The van der Waals surface area contributed by atoms with Crippen LogP contribution < -0.4 is 0 Å². The number of ether oxygens (including phenoxy) is 2. The van der Waals surface area contributed by atoms with Gasteiger partial charge in [0.15, 0.2) is 0 Å². The summed E-state index contributed by atoms with van der Waals surface area (Å²) in [7, 11) is -1.14. The Balaban J connectivity index is 2.23. The molecule has 0 fully saturated rings. The second-order valence-corrected chi connectivity index (χ2v) is 8.36. The molecule has 1 unspecified atom stereocenters. The van der Waals surface area contributed by atoms with Crippen molar-refractivity contribution in [1.82, 2.24) is 0 Å². The fourth-order valence-electron chi connectivity index (χ4n) is 3.36. The van der Waals surface area contributed by atoms with Crippen LogP contribution in [0.25, 0.3) is 17.4 Å². The molecule has 0 aliphatic heterocycles. The molecule has 8 heteroatoms. The highest BCUT2D eigenvalue weighted by atomic mass is 32.2. The van der Waals surface area contributed by atoms with Crippen molar-refractivity contribution >= 4 is 40.1 Å². The molecule has 0 aromatic heterocycles. The number of carbonyl (C=O) groups is 2. The SMILES string of the molecule is CC(=O)OCc1c(F)cc(F)c2c1C(OC(C)=O)=C(C)C2=Cc1ccc(S(C)=O)cc1. The van der Waals surface area contributed by atoms with Crippen LogP contribution in [-0.2, 0) is 36.5 Å². The standard InChI is InChI=1S/C23H20F2O5S/c1-12-17(9-15-5-7-16(8-6-15)31(4)28)21-20(25)10-19(24)18(11-29-13(2)26)22(21)23(12)30-14(3)27/h5-10H,11H2,1-4H3. The van der Waals surface area contributed by atoms with E-state index in [1.807, 2.05) is 0 Å². The minimum absolute atomic E-state index is 0.0144. The molecule has 0 bridgehead atoms. The van der Waals surface area contributed by atoms with Crippen molar-refractivity contribution in [3.05, 3.63) is 69.8 Å². The zero-order valence-electron chi connectivity index (χ0n) is 17.4. The summed E-state index contributed by atoms with van der Waals surface area (Å²) in [6.07, 6.45) is 3.23. The summed E-state index contributed by atoms with van der Waals surface area (Å²) in [5.41, 5.74) is 1.54. The molecule has 2 aromatic carbocycles. The third-order valence-electron chi connectivity index (χ3n) is 4.76. The van der Waals surface area contributed by atoms with Crippen molar-refractivity contribution < 1.29 is 32.1 Å². The van der Waals surface area contributed by atoms with E-state index >= 15 is 0 Å². The molecule has 0 radical (unpaired) electrons. The van der Waals surface area contributed by atoms with Gasteiger partial charge in [-0.1, -0.05) is 12.1 Å². The Labute approximate surface area is 180 Å². The molecule has 0 amide bonds. The van der Waals surface area contributed by atoms with Gasteiger partial charge in [0, 0.05) is 64.1 Å². The van der Waals surface area contributed by atoms with Crippen molar-refractivity contribution in [2.24, 2.45) is 0 Å². The molecule has 5 nitrogen and oxygen atoms in total. The second-order valence-electron chi connectivity index (χ2n) is 6.98. The van der Waals surface area contributed by atoms with Crippen LogP contribution in [-0.4, -0.2) is 22.4 Å². The molecule has 0 spiro atoms. The Hall–Kier alpha value is -3.13. The summed E-state index contributed by atoms with van der Waals surface area (Å²) in [5.74, 6) is -3.02. The number of hydrogen-bond acceptors (Lipinski definition) is 5. The van der Waals surface area contributed by atoms with Crippen LogP contribution in [0.4, 0.5) is 8.78 Å². The van der Waals surface area contributed by atoms with Crippen LogP contribution in [0, 0.1) is 11.6 Å². The van der Waals surface area contributed by atoms with Crippen LogP contribution in [0.15, 0.2) is 40.8 Å². The average Bonchev–Trinajstić information content (AvgIpc) is 2.94. The van der Waals surface area contributed by atoms with Crippen molar-refractivity contribution in [1.29, 1.82) is 0 Å². The molecule has 3 rings (SSSR count). The lowest BCUT2D eigenvalue weighted by molar-refractivity contribution is -0.142. The van der Waals surface area contributed by atoms with Crippen molar-refractivity contribution in [3.63, 3.8) is 0 Å². The maximum atomic E-state index is 14.9. The lowest BCUT2D eigenvalue weighted by atomic mass is 9.97. The molecule has 162 valence electrons. The number of carbonyl (C=O) groups excluding carboxylic acids is 2. The Morgan fingerprint density at radius 1 is 1.03 bits per heavy atom. The van der Waals surface area contributed by atoms with Crippen molar-refractivity contribution in [3.8, 4) is 0 Å². The lowest BCUT2D eigenvalue weighted by Crippen LogP contribution is -2.08. The minimum atomic E-state index is -1.14. The molecule has 0 N–H and O–H groups in total. The predicted molar refractivity (Wildman–Crippen MR) is 113 cm³/mol.